The Kier molecular flexibility index (Phi) is 4.45. The number of piperidine rings is 1. The fourth-order valence-electron chi connectivity index (χ4n) is 2.32. The third-order valence-corrected chi connectivity index (χ3v) is 5.12. The summed E-state index contributed by atoms with van der Waals surface area (Å²) in [6.45, 7) is 3.85. The van der Waals surface area contributed by atoms with Crippen molar-refractivity contribution in [1.29, 1.82) is 0 Å². The molecule has 2 atom stereocenters. The number of hydrogen-bond acceptors (Lipinski definition) is 4. The first-order chi connectivity index (χ1) is 8.88. The molecule has 2 rings (SSSR count). The highest BCUT2D eigenvalue weighted by Crippen LogP contribution is 2.18. The summed E-state index contributed by atoms with van der Waals surface area (Å²) in [5, 5.41) is 0.284. The summed E-state index contributed by atoms with van der Waals surface area (Å²) in [5.74, 6) is 0.286. The number of nitrogens with one attached hydrogen (secondary N) is 1. The standard InChI is InChI=1S/C12H18ClN3O2S/c1-9-8-16(2)6-5-11(9)15-19(17,18)10-3-4-12(13)14-7-10/h3-4,7,9,11,15H,5-6,8H2,1-2H3. The van der Waals surface area contributed by atoms with Crippen molar-refractivity contribution >= 4 is 21.6 Å². The predicted molar refractivity (Wildman–Crippen MR) is 74.6 cm³/mol. The Labute approximate surface area is 119 Å². The number of likely N-dealkylation sites (tertiary alicyclic amines) is 1. The summed E-state index contributed by atoms with van der Waals surface area (Å²) in [6.07, 6.45) is 2.10. The van der Waals surface area contributed by atoms with Gasteiger partial charge in [-0.05, 0) is 38.1 Å². The van der Waals surface area contributed by atoms with Crippen LogP contribution in [-0.4, -0.2) is 44.5 Å². The first-order valence-electron chi connectivity index (χ1n) is 6.21. The smallest absolute Gasteiger partial charge is 0.242 e. The second kappa shape index (κ2) is 5.75. The van der Waals surface area contributed by atoms with Gasteiger partial charge in [0.2, 0.25) is 10.0 Å². The van der Waals surface area contributed by atoms with Crippen LogP contribution < -0.4 is 4.72 Å². The van der Waals surface area contributed by atoms with Gasteiger partial charge in [-0.1, -0.05) is 18.5 Å². The monoisotopic (exact) mass is 303 g/mol. The first-order valence-corrected chi connectivity index (χ1v) is 8.07. The van der Waals surface area contributed by atoms with E-state index in [1.54, 1.807) is 0 Å². The van der Waals surface area contributed by atoms with Gasteiger partial charge in [0.15, 0.2) is 0 Å². The molecule has 1 aliphatic heterocycles. The van der Waals surface area contributed by atoms with Crippen molar-refractivity contribution in [3.63, 3.8) is 0 Å². The van der Waals surface area contributed by atoms with Gasteiger partial charge >= 0.3 is 0 Å². The Hall–Kier alpha value is -0.690. The van der Waals surface area contributed by atoms with E-state index in [1.165, 1.54) is 18.3 Å². The Bertz CT molecular complexity index is 532. The highest BCUT2D eigenvalue weighted by atomic mass is 35.5. The maximum atomic E-state index is 12.2. The van der Waals surface area contributed by atoms with Crippen molar-refractivity contribution in [2.24, 2.45) is 5.92 Å². The molecule has 106 valence electrons. The van der Waals surface area contributed by atoms with E-state index in [-0.39, 0.29) is 22.0 Å². The highest BCUT2D eigenvalue weighted by Gasteiger charge is 2.28. The molecule has 1 aromatic rings. The van der Waals surface area contributed by atoms with E-state index in [0.717, 1.165) is 19.5 Å². The van der Waals surface area contributed by atoms with Crippen LogP contribution in [0, 0.1) is 5.92 Å². The molecule has 1 aliphatic rings. The third-order valence-electron chi connectivity index (χ3n) is 3.43. The van der Waals surface area contributed by atoms with Crippen LogP contribution in [0.4, 0.5) is 0 Å². The molecule has 1 aromatic heterocycles. The number of rotatable bonds is 3. The second-order valence-electron chi connectivity index (χ2n) is 5.07. The molecule has 7 heteroatoms. The summed E-state index contributed by atoms with van der Waals surface area (Å²) in [6, 6.07) is 2.92. The van der Waals surface area contributed by atoms with Gasteiger partial charge < -0.3 is 4.90 Å². The molecule has 2 heterocycles. The molecule has 1 fully saturated rings. The number of nitrogens with zero attached hydrogens (tertiary/aromatic N) is 2. The first kappa shape index (κ1) is 14.7. The van der Waals surface area contributed by atoms with Crippen LogP contribution in [0.5, 0.6) is 0 Å². The van der Waals surface area contributed by atoms with Crippen molar-refractivity contribution in [1.82, 2.24) is 14.6 Å². The third kappa shape index (κ3) is 3.66. The predicted octanol–water partition coefficient (Wildman–Crippen LogP) is 1.35. The zero-order chi connectivity index (χ0) is 14.0. The maximum Gasteiger partial charge on any atom is 0.242 e. The van der Waals surface area contributed by atoms with Crippen LogP contribution in [-0.2, 0) is 10.0 Å². The van der Waals surface area contributed by atoms with Gasteiger partial charge in [-0.3, -0.25) is 0 Å². The van der Waals surface area contributed by atoms with Crippen LogP contribution >= 0.6 is 11.6 Å². The molecule has 0 spiro atoms. The van der Waals surface area contributed by atoms with E-state index < -0.39 is 10.0 Å². The average molecular weight is 304 g/mol. The van der Waals surface area contributed by atoms with Crippen molar-refractivity contribution in [2.75, 3.05) is 20.1 Å². The van der Waals surface area contributed by atoms with E-state index in [9.17, 15) is 8.42 Å². The van der Waals surface area contributed by atoms with Gasteiger partial charge in [0.05, 0.1) is 0 Å². The molecule has 5 nitrogen and oxygen atoms in total. The Balaban J connectivity index is 2.11. The minimum absolute atomic E-state index is 0.0307. The normalized spacial score (nSPS) is 25.4. The number of halogens is 1. The average Bonchev–Trinajstić information content (AvgIpc) is 2.33. The van der Waals surface area contributed by atoms with Crippen LogP contribution in [0.2, 0.25) is 5.15 Å². The molecule has 2 unspecified atom stereocenters. The molecule has 0 bridgehead atoms. The van der Waals surface area contributed by atoms with Crippen LogP contribution in [0.25, 0.3) is 0 Å². The lowest BCUT2D eigenvalue weighted by atomic mass is 9.95. The maximum absolute atomic E-state index is 12.2. The van der Waals surface area contributed by atoms with E-state index in [4.69, 9.17) is 11.6 Å². The summed E-state index contributed by atoms with van der Waals surface area (Å²) < 4.78 is 27.2. The fraction of sp³-hybridized carbons (Fsp3) is 0.583. The Morgan fingerprint density at radius 1 is 1.47 bits per heavy atom. The quantitative estimate of drug-likeness (QED) is 0.856. The molecule has 1 saturated heterocycles. The van der Waals surface area contributed by atoms with Crippen molar-refractivity contribution < 1.29 is 8.42 Å². The van der Waals surface area contributed by atoms with Crippen LogP contribution in [0.15, 0.2) is 23.2 Å². The molecule has 0 aliphatic carbocycles. The zero-order valence-electron chi connectivity index (χ0n) is 11.0. The SMILES string of the molecule is CC1CN(C)CCC1NS(=O)(=O)c1ccc(Cl)nc1. The summed E-state index contributed by atoms with van der Waals surface area (Å²) in [7, 11) is -1.47. The second-order valence-corrected chi connectivity index (χ2v) is 7.17. The molecule has 1 N–H and O–H groups in total. The van der Waals surface area contributed by atoms with Crippen molar-refractivity contribution in [3.05, 3.63) is 23.5 Å². The topological polar surface area (TPSA) is 62.3 Å². The van der Waals surface area contributed by atoms with Crippen LogP contribution in [0.1, 0.15) is 13.3 Å². The molecule has 0 aromatic carbocycles. The number of sulfonamides is 1. The van der Waals surface area contributed by atoms with Gasteiger partial charge in [0, 0.05) is 18.8 Å². The minimum atomic E-state index is -3.52. The lowest BCUT2D eigenvalue weighted by Gasteiger charge is -2.34. The summed E-state index contributed by atoms with van der Waals surface area (Å²) in [4.78, 5) is 6.17. The molecular formula is C12H18ClN3O2S. The van der Waals surface area contributed by atoms with Gasteiger partial charge in [-0.25, -0.2) is 18.1 Å². The van der Waals surface area contributed by atoms with Gasteiger partial charge in [-0.2, -0.15) is 0 Å². The lowest BCUT2D eigenvalue weighted by Crippen LogP contribution is -2.48. The van der Waals surface area contributed by atoms with E-state index in [2.05, 4.69) is 21.5 Å². The molecule has 0 saturated carbocycles. The number of pyridine rings is 1. The van der Waals surface area contributed by atoms with E-state index in [1.807, 2.05) is 7.05 Å². The Morgan fingerprint density at radius 2 is 2.21 bits per heavy atom. The van der Waals surface area contributed by atoms with Crippen molar-refractivity contribution in [2.45, 2.75) is 24.3 Å². The zero-order valence-corrected chi connectivity index (χ0v) is 12.6. The van der Waals surface area contributed by atoms with Crippen molar-refractivity contribution in [3.8, 4) is 0 Å². The van der Waals surface area contributed by atoms with E-state index >= 15 is 0 Å². The molecule has 0 radical (unpaired) electrons. The van der Waals surface area contributed by atoms with Gasteiger partial charge in [0.25, 0.3) is 0 Å². The fourth-order valence-corrected chi connectivity index (χ4v) is 3.75. The number of hydrogen-bond donors (Lipinski definition) is 1. The number of aromatic nitrogens is 1. The molecular weight excluding hydrogens is 286 g/mol. The van der Waals surface area contributed by atoms with E-state index in [0.29, 0.717) is 0 Å². The molecule has 0 amide bonds. The minimum Gasteiger partial charge on any atom is -0.306 e. The highest BCUT2D eigenvalue weighted by molar-refractivity contribution is 7.89. The lowest BCUT2D eigenvalue weighted by molar-refractivity contribution is 0.188. The Morgan fingerprint density at radius 3 is 2.79 bits per heavy atom. The van der Waals surface area contributed by atoms with Gasteiger partial charge in [-0.15, -0.1) is 0 Å². The largest absolute Gasteiger partial charge is 0.306 e. The molecule has 19 heavy (non-hydrogen) atoms. The van der Waals surface area contributed by atoms with Gasteiger partial charge in [0.1, 0.15) is 10.0 Å². The summed E-state index contributed by atoms with van der Waals surface area (Å²) >= 11 is 5.66. The van der Waals surface area contributed by atoms with Crippen LogP contribution in [0.3, 0.4) is 0 Å². The summed E-state index contributed by atoms with van der Waals surface area (Å²) in [5.41, 5.74) is 0.